The fourth-order valence-electron chi connectivity index (χ4n) is 2.19. The number of hydrogen-bond acceptors (Lipinski definition) is 2. The smallest absolute Gasteiger partial charge is 0.164 e. The van der Waals surface area contributed by atoms with E-state index in [4.69, 9.17) is 11.6 Å². The number of anilines is 1. The SMILES string of the molecule is CC(=O)c1c(F)cccc1N(C)Cc1c(F)cccc1Cl. The molecule has 0 heterocycles. The minimum atomic E-state index is -0.591. The Morgan fingerprint density at radius 3 is 2.38 bits per heavy atom. The fourth-order valence-corrected chi connectivity index (χ4v) is 2.41. The molecule has 2 rings (SSSR count). The van der Waals surface area contributed by atoms with Crippen LogP contribution in [-0.4, -0.2) is 12.8 Å². The summed E-state index contributed by atoms with van der Waals surface area (Å²) < 4.78 is 27.6. The molecular formula is C16H14ClF2NO. The predicted octanol–water partition coefficient (Wildman–Crippen LogP) is 4.46. The van der Waals surface area contributed by atoms with E-state index >= 15 is 0 Å². The molecule has 0 radical (unpaired) electrons. The zero-order valence-corrected chi connectivity index (χ0v) is 12.4. The van der Waals surface area contributed by atoms with Crippen molar-refractivity contribution in [2.24, 2.45) is 0 Å². The summed E-state index contributed by atoms with van der Waals surface area (Å²) in [5, 5.41) is 0.294. The first-order chi connectivity index (χ1) is 9.91. The topological polar surface area (TPSA) is 20.3 Å². The molecule has 0 unspecified atom stereocenters. The Kier molecular flexibility index (Phi) is 4.58. The molecule has 0 aliphatic carbocycles. The van der Waals surface area contributed by atoms with Crippen LogP contribution in [0, 0.1) is 11.6 Å². The van der Waals surface area contributed by atoms with Crippen LogP contribution in [0.5, 0.6) is 0 Å². The highest BCUT2D eigenvalue weighted by atomic mass is 35.5. The van der Waals surface area contributed by atoms with E-state index in [1.165, 1.54) is 31.2 Å². The summed E-state index contributed by atoms with van der Waals surface area (Å²) in [5.41, 5.74) is 0.703. The number of carbonyl (C=O) groups is 1. The van der Waals surface area contributed by atoms with Crippen LogP contribution in [-0.2, 0) is 6.54 Å². The molecule has 2 aromatic rings. The predicted molar refractivity (Wildman–Crippen MR) is 79.9 cm³/mol. The van der Waals surface area contributed by atoms with E-state index in [9.17, 15) is 13.6 Å². The zero-order valence-electron chi connectivity index (χ0n) is 11.7. The van der Waals surface area contributed by atoms with Gasteiger partial charge in [-0.25, -0.2) is 8.78 Å². The monoisotopic (exact) mass is 309 g/mol. The molecule has 0 fully saturated rings. The molecule has 2 nitrogen and oxygen atoms in total. The molecule has 110 valence electrons. The maximum atomic E-state index is 13.8. The number of halogens is 3. The molecule has 5 heteroatoms. The van der Waals surface area contributed by atoms with Gasteiger partial charge in [0, 0.05) is 24.2 Å². The lowest BCUT2D eigenvalue weighted by molar-refractivity contribution is 0.101. The zero-order chi connectivity index (χ0) is 15.6. The van der Waals surface area contributed by atoms with Gasteiger partial charge >= 0.3 is 0 Å². The van der Waals surface area contributed by atoms with Crippen LogP contribution in [0.25, 0.3) is 0 Å². The molecular weight excluding hydrogens is 296 g/mol. The molecule has 2 aromatic carbocycles. The van der Waals surface area contributed by atoms with Gasteiger partial charge in [0.1, 0.15) is 11.6 Å². The summed E-state index contributed by atoms with van der Waals surface area (Å²) in [6.07, 6.45) is 0. The lowest BCUT2D eigenvalue weighted by Gasteiger charge is -2.22. The summed E-state index contributed by atoms with van der Waals surface area (Å²) >= 11 is 5.99. The van der Waals surface area contributed by atoms with E-state index in [0.717, 1.165) is 0 Å². The molecule has 0 aliphatic heterocycles. The highest BCUT2D eigenvalue weighted by molar-refractivity contribution is 6.31. The van der Waals surface area contributed by atoms with Gasteiger partial charge < -0.3 is 4.90 Å². The second-order valence-corrected chi connectivity index (χ2v) is 5.15. The molecule has 0 N–H and O–H groups in total. The van der Waals surface area contributed by atoms with E-state index in [1.807, 2.05) is 0 Å². The second-order valence-electron chi connectivity index (χ2n) is 4.75. The number of benzene rings is 2. The average Bonchev–Trinajstić information content (AvgIpc) is 2.42. The summed E-state index contributed by atoms with van der Waals surface area (Å²) in [6, 6.07) is 8.78. The van der Waals surface area contributed by atoms with Crippen molar-refractivity contribution in [2.45, 2.75) is 13.5 Å². The van der Waals surface area contributed by atoms with E-state index < -0.39 is 11.6 Å². The van der Waals surface area contributed by atoms with Gasteiger partial charge in [-0.05, 0) is 31.2 Å². The van der Waals surface area contributed by atoms with Crippen molar-refractivity contribution in [3.05, 3.63) is 64.2 Å². The van der Waals surface area contributed by atoms with Crippen LogP contribution in [0.15, 0.2) is 36.4 Å². The first-order valence-electron chi connectivity index (χ1n) is 6.35. The highest BCUT2D eigenvalue weighted by Crippen LogP contribution is 2.27. The molecule has 0 saturated heterocycles. The van der Waals surface area contributed by atoms with Crippen molar-refractivity contribution in [3.63, 3.8) is 0 Å². The average molecular weight is 310 g/mol. The van der Waals surface area contributed by atoms with E-state index in [1.54, 1.807) is 24.1 Å². The third-order valence-corrected chi connectivity index (χ3v) is 3.57. The van der Waals surface area contributed by atoms with Crippen LogP contribution >= 0.6 is 11.6 Å². The standard InChI is InChI=1S/C16H14ClF2NO/c1-10(21)16-14(19)7-4-8-15(16)20(2)9-11-12(17)5-3-6-13(11)18/h3-8H,9H2,1-2H3. The molecule has 0 spiro atoms. The Balaban J connectivity index is 2.40. The lowest BCUT2D eigenvalue weighted by Crippen LogP contribution is -2.20. The van der Waals surface area contributed by atoms with Crippen molar-refractivity contribution in [1.29, 1.82) is 0 Å². The third kappa shape index (κ3) is 3.22. The minimum Gasteiger partial charge on any atom is -0.369 e. The Hall–Kier alpha value is -1.94. The number of hydrogen-bond donors (Lipinski definition) is 0. The summed E-state index contributed by atoms with van der Waals surface area (Å²) in [6.45, 7) is 1.43. The number of carbonyl (C=O) groups excluding carboxylic acids is 1. The molecule has 0 amide bonds. The van der Waals surface area contributed by atoms with Gasteiger partial charge in [0.15, 0.2) is 5.78 Å². The van der Waals surface area contributed by atoms with Gasteiger partial charge in [-0.3, -0.25) is 4.79 Å². The number of ketones is 1. The molecule has 0 aliphatic rings. The van der Waals surface area contributed by atoms with E-state index in [0.29, 0.717) is 16.3 Å². The molecule has 0 saturated carbocycles. The van der Waals surface area contributed by atoms with E-state index in [2.05, 4.69) is 0 Å². The van der Waals surface area contributed by atoms with Crippen molar-refractivity contribution >= 4 is 23.1 Å². The normalized spacial score (nSPS) is 10.5. The van der Waals surface area contributed by atoms with Crippen LogP contribution in [0.3, 0.4) is 0 Å². The summed E-state index contributed by atoms with van der Waals surface area (Å²) in [4.78, 5) is 13.2. The molecule has 21 heavy (non-hydrogen) atoms. The van der Waals surface area contributed by atoms with Crippen molar-refractivity contribution in [3.8, 4) is 0 Å². The van der Waals surface area contributed by atoms with Crippen LogP contribution in [0.2, 0.25) is 5.02 Å². The Bertz CT molecular complexity index is 668. The van der Waals surface area contributed by atoms with Gasteiger partial charge in [-0.15, -0.1) is 0 Å². The number of Topliss-reactive ketones (excluding diaryl/α,β-unsaturated/α-hetero) is 1. The molecule has 0 bridgehead atoms. The minimum absolute atomic E-state index is 0.00698. The van der Waals surface area contributed by atoms with Gasteiger partial charge in [0.25, 0.3) is 0 Å². The Morgan fingerprint density at radius 1 is 1.14 bits per heavy atom. The van der Waals surface area contributed by atoms with Crippen LogP contribution < -0.4 is 4.90 Å². The first kappa shape index (κ1) is 15.4. The number of rotatable bonds is 4. The van der Waals surface area contributed by atoms with Crippen molar-refractivity contribution in [1.82, 2.24) is 0 Å². The second kappa shape index (κ2) is 6.22. The number of nitrogens with zero attached hydrogens (tertiary/aromatic N) is 1. The van der Waals surface area contributed by atoms with Crippen molar-refractivity contribution in [2.75, 3.05) is 11.9 Å². The maximum absolute atomic E-state index is 13.8. The van der Waals surface area contributed by atoms with Crippen molar-refractivity contribution < 1.29 is 13.6 Å². The third-order valence-electron chi connectivity index (χ3n) is 3.21. The molecule has 0 aromatic heterocycles. The van der Waals surface area contributed by atoms with Crippen LogP contribution in [0.4, 0.5) is 14.5 Å². The Morgan fingerprint density at radius 2 is 1.76 bits per heavy atom. The lowest BCUT2D eigenvalue weighted by atomic mass is 10.1. The van der Waals surface area contributed by atoms with Gasteiger partial charge in [-0.2, -0.15) is 0 Å². The van der Waals surface area contributed by atoms with Gasteiger partial charge in [0.05, 0.1) is 11.3 Å². The fraction of sp³-hybridized carbons (Fsp3) is 0.188. The summed E-state index contributed by atoms with van der Waals surface area (Å²) in [7, 11) is 1.66. The maximum Gasteiger partial charge on any atom is 0.164 e. The van der Waals surface area contributed by atoms with Gasteiger partial charge in [-0.1, -0.05) is 23.7 Å². The van der Waals surface area contributed by atoms with E-state index in [-0.39, 0.29) is 17.9 Å². The highest BCUT2D eigenvalue weighted by Gasteiger charge is 2.17. The quantitative estimate of drug-likeness (QED) is 0.777. The molecule has 0 atom stereocenters. The summed E-state index contributed by atoms with van der Waals surface area (Å²) in [5.74, 6) is -1.41. The Labute approximate surface area is 127 Å². The van der Waals surface area contributed by atoms with Crippen LogP contribution in [0.1, 0.15) is 22.8 Å². The first-order valence-corrected chi connectivity index (χ1v) is 6.73. The van der Waals surface area contributed by atoms with Gasteiger partial charge in [0.2, 0.25) is 0 Å². The largest absolute Gasteiger partial charge is 0.369 e.